The molecule has 6 nitrogen and oxygen atoms in total. The Balaban J connectivity index is 2.08. The summed E-state index contributed by atoms with van der Waals surface area (Å²) in [4.78, 5) is -0.777. The minimum absolute atomic E-state index is 0.0164. The number of fused-ring (bicyclic) bond motifs is 1. The Kier molecular flexibility index (Phi) is 3.85. The van der Waals surface area contributed by atoms with Crippen LogP contribution in [0.4, 0.5) is 14.5 Å². The molecule has 1 aliphatic heterocycles. The average molecular weight is 374 g/mol. The summed E-state index contributed by atoms with van der Waals surface area (Å²) < 4.78 is 75.8. The highest BCUT2D eigenvalue weighted by atomic mass is 32.2. The molecule has 0 spiro atoms. The molecular formula is C14H12F2N2O4S2. The summed E-state index contributed by atoms with van der Waals surface area (Å²) >= 11 is 0. The molecule has 0 saturated heterocycles. The third-order valence-electron chi connectivity index (χ3n) is 3.69. The Bertz CT molecular complexity index is 1040. The summed E-state index contributed by atoms with van der Waals surface area (Å²) in [6, 6.07) is 5.99. The Morgan fingerprint density at radius 1 is 1.00 bits per heavy atom. The van der Waals surface area contributed by atoms with Crippen LogP contribution >= 0.6 is 0 Å². The molecule has 1 heterocycles. The van der Waals surface area contributed by atoms with Gasteiger partial charge in [0.25, 0.3) is 10.0 Å². The van der Waals surface area contributed by atoms with Crippen molar-refractivity contribution in [1.29, 1.82) is 0 Å². The lowest BCUT2D eigenvalue weighted by molar-refractivity contribution is 0.547. The summed E-state index contributed by atoms with van der Waals surface area (Å²) in [5.74, 6) is -2.07. The van der Waals surface area contributed by atoms with Crippen LogP contribution < -0.4 is 9.44 Å². The molecule has 0 atom stereocenters. The van der Waals surface area contributed by atoms with E-state index in [0.717, 1.165) is 16.4 Å². The number of benzene rings is 2. The number of anilines is 1. The van der Waals surface area contributed by atoms with E-state index in [9.17, 15) is 25.6 Å². The molecule has 0 aromatic heterocycles. The van der Waals surface area contributed by atoms with E-state index in [-0.39, 0.29) is 23.5 Å². The maximum absolute atomic E-state index is 13.9. The van der Waals surface area contributed by atoms with E-state index in [1.165, 1.54) is 18.2 Å². The molecule has 0 amide bonds. The van der Waals surface area contributed by atoms with Crippen LogP contribution in [-0.2, 0) is 26.5 Å². The molecule has 0 aliphatic carbocycles. The minimum Gasteiger partial charge on any atom is -0.266 e. The number of nitrogens with two attached hydrogens (primary N) is 1. The number of nitrogens with zero attached hydrogens (tertiary/aromatic N) is 1. The number of primary sulfonamides is 1. The fourth-order valence-corrected chi connectivity index (χ4v) is 4.69. The van der Waals surface area contributed by atoms with E-state index in [1.54, 1.807) is 0 Å². The third-order valence-corrected chi connectivity index (χ3v) is 6.45. The van der Waals surface area contributed by atoms with Gasteiger partial charge in [-0.2, -0.15) is 0 Å². The molecule has 128 valence electrons. The quantitative estimate of drug-likeness (QED) is 0.877. The lowest BCUT2D eigenvalue weighted by Gasteiger charge is -2.20. The van der Waals surface area contributed by atoms with Gasteiger partial charge in [0.2, 0.25) is 10.0 Å². The van der Waals surface area contributed by atoms with Gasteiger partial charge in [-0.25, -0.2) is 30.8 Å². The molecule has 0 saturated carbocycles. The Labute approximate surface area is 137 Å². The maximum atomic E-state index is 13.9. The maximum Gasteiger partial charge on any atom is 0.267 e. The van der Waals surface area contributed by atoms with Gasteiger partial charge in [0, 0.05) is 12.6 Å². The second-order valence-electron chi connectivity index (χ2n) is 5.24. The van der Waals surface area contributed by atoms with Crippen LogP contribution in [-0.4, -0.2) is 23.4 Å². The second-order valence-corrected chi connectivity index (χ2v) is 8.63. The zero-order chi connectivity index (χ0) is 17.7. The fourth-order valence-electron chi connectivity index (χ4n) is 2.58. The van der Waals surface area contributed by atoms with Crippen molar-refractivity contribution in [2.24, 2.45) is 5.14 Å². The molecule has 10 heteroatoms. The minimum atomic E-state index is -4.24. The SMILES string of the molecule is NS(=O)(=O)c1ccc2c(c1)CCN2S(=O)(=O)c1ccc(F)cc1F. The van der Waals surface area contributed by atoms with Crippen molar-refractivity contribution in [2.45, 2.75) is 16.2 Å². The van der Waals surface area contributed by atoms with E-state index in [0.29, 0.717) is 11.6 Å². The van der Waals surface area contributed by atoms with Crippen molar-refractivity contribution >= 4 is 25.7 Å². The van der Waals surface area contributed by atoms with Crippen molar-refractivity contribution in [2.75, 3.05) is 10.8 Å². The smallest absolute Gasteiger partial charge is 0.266 e. The van der Waals surface area contributed by atoms with Gasteiger partial charge in [-0.1, -0.05) is 0 Å². The highest BCUT2D eigenvalue weighted by Crippen LogP contribution is 2.34. The van der Waals surface area contributed by atoms with Gasteiger partial charge >= 0.3 is 0 Å². The Morgan fingerprint density at radius 3 is 2.33 bits per heavy atom. The Hall–Kier alpha value is -2.04. The summed E-state index contributed by atoms with van der Waals surface area (Å²) in [6.07, 6.45) is 0.251. The zero-order valence-corrected chi connectivity index (χ0v) is 13.7. The lowest BCUT2D eigenvalue weighted by Crippen LogP contribution is -2.29. The van der Waals surface area contributed by atoms with E-state index in [1.807, 2.05) is 0 Å². The van der Waals surface area contributed by atoms with Gasteiger partial charge in [0.1, 0.15) is 16.5 Å². The second kappa shape index (κ2) is 5.50. The topological polar surface area (TPSA) is 97.5 Å². The summed E-state index contributed by atoms with van der Waals surface area (Å²) in [7, 11) is -8.15. The number of halogens is 2. The van der Waals surface area contributed by atoms with Crippen molar-refractivity contribution in [3.05, 3.63) is 53.6 Å². The predicted molar refractivity (Wildman–Crippen MR) is 82.4 cm³/mol. The van der Waals surface area contributed by atoms with Crippen molar-refractivity contribution < 1.29 is 25.6 Å². The average Bonchev–Trinajstić information content (AvgIpc) is 2.89. The van der Waals surface area contributed by atoms with Gasteiger partial charge in [0.05, 0.1) is 10.6 Å². The van der Waals surface area contributed by atoms with Crippen molar-refractivity contribution in [3.8, 4) is 0 Å². The molecule has 0 fully saturated rings. The molecule has 2 N–H and O–H groups in total. The highest BCUT2D eigenvalue weighted by molar-refractivity contribution is 7.92. The van der Waals surface area contributed by atoms with Crippen LogP contribution in [0.3, 0.4) is 0 Å². The molecule has 2 aromatic carbocycles. The first kappa shape index (κ1) is 16.8. The number of hydrogen-bond acceptors (Lipinski definition) is 4. The number of sulfonamides is 2. The van der Waals surface area contributed by atoms with Crippen LogP contribution in [0, 0.1) is 11.6 Å². The first-order valence-corrected chi connectivity index (χ1v) is 9.73. The van der Waals surface area contributed by atoms with E-state index in [2.05, 4.69) is 0 Å². The zero-order valence-electron chi connectivity index (χ0n) is 12.1. The van der Waals surface area contributed by atoms with Crippen LogP contribution in [0.1, 0.15) is 5.56 Å². The molecule has 0 unspecified atom stereocenters. The van der Waals surface area contributed by atoms with E-state index < -0.39 is 36.6 Å². The summed E-state index contributed by atoms with van der Waals surface area (Å²) in [6.45, 7) is 0.0164. The van der Waals surface area contributed by atoms with Crippen LogP contribution in [0.25, 0.3) is 0 Å². The van der Waals surface area contributed by atoms with Gasteiger partial charge < -0.3 is 0 Å². The van der Waals surface area contributed by atoms with E-state index in [4.69, 9.17) is 5.14 Å². The summed E-state index contributed by atoms with van der Waals surface area (Å²) in [5, 5.41) is 5.05. The van der Waals surface area contributed by atoms with Crippen LogP contribution in [0.15, 0.2) is 46.2 Å². The molecule has 0 radical (unpaired) electrons. The third kappa shape index (κ3) is 2.76. The summed E-state index contributed by atoms with van der Waals surface area (Å²) in [5.41, 5.74) is 0.707. The van der Waals surface area contributed by atoms with Crippen molar-refractivity contribution in [3.63, 3.8) is 0 Å². The molecular weight excluding hydrogens is 362 g/mol. The largest absolute Gasteiger partial charge is 0.267 e. The molecule has 2 aromatic rings. The number of hydrogen-bond donors (Lipinski definition) is 1. The first-order chi connectivity index (χ1) is 11.1. The molecule has 0 bridgehead atoms. The Morgan fingerprint density at radius 2 is 1.71 bits per heavy atom. The van der Waals surface area contributed by atoms with Gasteiger partial charge in [0.15, 0.2) is 0 Å². The molecule has 24 heavy (non-hydrogen) atoms. The number of rotatable bonds is 3. The highest BCUT2D eigenvalue weighted by Gasteiger charge is 2.33. The monoisotopic (exact) mass is 374 g/mol. The van der Waals surface area contributed by atoms with Crippen LogP contribution in [0.2, 0.25) is 0 Å². The first-order valence-electron chi connectivity index (χ1n) is 6.74. The molecule has 3 rings (SSSR count). The van der Waals surface area contributed by atoms with Crippen LogP contribution in [0.5, 0.6) is 0 Å². The standard InChI is InChI=1S/C14H12F2N2O4S2/c15-10-1-4-14(12(16)8-10)24(21,22)18-6-5-9-7-11(23(17,19)20)2-3-13(9)18/h1-4,7-8H,5-6H2,(H2,17,19,20). The van der Waals surface area contributed by atoms with Gasteiger partial charge in [-0.15, -0.1) is 0 Å². The van der Waals surface area contributed by atoms with Gasteiger partial charge in [-0.3, -0.25) is 4.31 Å². The van der Waals surface area contributed by atoms with Gasteiger partial charge in [-0.05, 0) is 42.3 Å². The lowest BCUT2D eigenvalue weighted by atomic mass is 10.2. The fraction of sp³-hybridized carbons (Fsp3) is 0.143. The normalized spacial score (nSPS) is 14.7. The van der Waals surface area contributed by atoms with Crippen molar-refractivity contribution in [1.82, 2.24) is 0 Å². The van der Waals surface area contributed by atoms with E-state index >= 15 is 0 Å². The molecule has 1 aliphatic rings. The predicted octanol–water partition coefficient (Wildman–Crippen LogP) is 1.36.